The van der Waals surface area contributed by atoms with E-state index >= 15 is 0 Å². The zero-order chi connectivity index (χ0) is 22.8. The molecule has 2 aromatic carbocycles. The Morgan fingerprint density at radius 3 is 2.42 bits per heavy atom. The van der Waals surface area contributed by atoms with Gasteiger partial charge in [0.05, 0.1) is 4.90 Å². The summed E-state index contributed by atoms with van der Waals surface area (Å²) in [5.74, 6) is -1.89. The van der Waals surface area contributed by atoms with Gasteiger partial charge in [0.25, 0.3) is 5.91 Å². The van der Waals surface area contributed by atoms with Gasteiger partial charge < -0.3 is 10.6 Å². The minimum absolute atomic E-state index is 0.0752. The van der Waals surface area contributed by atoms with Gasteiger partial charge >= 0.3 is 0 Å². The van der Waals surface area contributed by atoms with Gasteiger partial charge in [-0.15, -0.1) is 0 Å². The largest absolute Gasteiger partial charge is 0.368 e. The van der Waals surface area contributed by atoms with E-state index in [1.54, 1.807) is 0 Å². The number of sulfonamides is 1. The van der Waals surface area contributed by atoms with Gasteiger partial charge in [-0.25, -0.2) is 12.8 Å². The zero-order valence-corrected chi connectivity index (χ0v) is 18.3. The summed E-state index contributed by atoms with van der Waals surface area (Å²) in [5, 5.41) is 0. The van der Waals surface area contributed by atoms with E-state index in [2.05, 4.69) is 0 Å². The Kier molecular flexibility index (Phi) is 6.76. The lowest BCUT2D eigenvalue weighted by Gasteiger charge is -2.32. The maximum absolute atomic E-state index is 13.6. The van der Waals surface area contributed by atoms with Gasteiger partial charge in [-0.05, 0) is 61.7 Å². The Hall–Kier alpha value is -2.78. The predicted molar refractivity (Wildman–Crippen MR) is 114 cm³/mol. The van der Waals surface area contributed by atoms with Crippen LogP contribution in [0.2, 0.25) is 0 Å². The average Bonchev–Trinajstić information content (AvgIpc) is 2.73. The molecular weight excluding hydrogens is 421 g/mol. The molecule has 7 nitrogen and oxygen atoms in total. The molecule has 0 bridgehead atoms. The number of piperidine rings is 1. The van der Waals surface area contributed by atoms with Gasteiger partial charge in [0.15, 0.2) is 0 Å². The summed E-state index contributed by atoms with van der Waals surface area (Å²) in [6.45, 7) is 2.36. The SMILES string of the molecule is CC1CCCCN1S(=O)(=O)c1ccc(C(=O)N(C)C(C(N)=O)c2cccc(F)c2)cc1. The second kappa shape index (κ2) is 9.15. The molecule has 3 rings (SSSR count). The number of nitrogens with two attached hydrogens (primary N) is 1. The monoisotopic (exact) mass is 447 g/mol. The molecule has 0 aliphatic carbocycles. The lowest BCUT2D eigenvalue weighted by atomic mass is 10.0. The summed E-state index contributed by atoms with van der Waals surface area (Å²) in [6.07, 6.45) is 2.63. The number of nitrogens with zero attached hydrogens (tertiary/aromatic N) is 2. The molecule has 1 aliphatic heterocycles. The standard InChI is InChI=1S/C22H26FN3O4S/c1-15-6-3-4-13-26(15)31(29,30)19-11-9-16(10-12-19)22(28)25(2)20(21(24)27)17-7-5-8-18(23)14-17/h5,7-12,14-15,20H,3-4,6,13H2,1-2H3,(H2,24,27). The fraction of sp³-hybridized carbons (Fsp3) is 0.364. The number of hydrogen-bond donors (Lipinski definition) is 1. The van der Waals surface area contributed by atoms with E-state index < -0.39 is 33.7 Å². The van der Waals surface area contributed by atoms with Crippen molar-refractivity contribution < 1.29 is 22.4 Å². The second-order valence-electron chi connectivity index (χ2n) is 7.76. The van der Waals surface area contributed by atoms with E-state index in [0.717, 1.165) is 30.2 Å². The number of primary amides is 1. The van der Waals surface area contributed by atoms with Crippen molar-refractivity contribution in [1.29, 1.82) is 0 Å². The van der Waals surface area contributed by atoms with E-state index in [9.17, 15) is 22.4 Å². The van der Waals surface area contributed by atoms with Crippen LogP contribution in [0, 0.1) is 5.82 Å². The number of likely N-dealkylation sites (N-methyl/N-ethyl adjacent to an activating group) is 1. The van der Waals surface area contributed by atoms with Crippen LogP contribution in [0.3, 0.4) is 0 Å². The molecule has 2 atom stereocenters. The number of rotatable bonds is 6. The van der Waals surface area contributed by atoms with Crippen LogP contribution in [-0.4, -0.2) is 49.1 Å². The molecule has 9 heteroatoms. The Labute approximate surface area is 181 Å². The number of carbonyl (C=O) groups is 2. The second-order valence-corrected chi connectivity index (χ2v) is 9.65. The Bertz CT molecular complexity index is 1070. The van der Waals surface area contributed by atoms with Crippen LogP contribution in [-0.2, 0) is 14.8 Å². The predicted octanol–water partition coefficient (Wildman–Crippen LogP) is 2.69. The lowest BCUT2D eigenvalue weighted by Crippen LogP contribution is -2.42. The Balaban J connectivity index is 1.84. The number of halogens is 1. The third kappa shape index (κ3) is 4.77. The molecule has 166 valence electrons. The maximum atomic E-state index is 13.6. The highest BCUT2D eigenvalue weighted by Crippen LogP contribution is 2.26. The molecule has 2 amide bonds. The molecular formula is C22H26FN3O4S. The first-order chi connectivity index (χ1) is 14.6. The number of carbonyl (C=O) groups excluding carboxylic acids is 2. The highest BCUT2D eigenvalue weighted by atomic mass is 32.2. The van der Waals surface area contributed by atoms with Crippen LogP contribution in [0.1, 0.15) is 48.1 Å². The van der Waals surface area contributed by atoms with Crippen LogP contribution in [0.5, 0.6) is 0 Å². The van der Waals surface area contributed by atoms with Crippen molar-refractivity contribution in [2.75, 3.05) is 13.6 Å². The Morgan fingerprint density at radius 1 is 1.16 bits per heavy atom. The smallest absolute Gasteiger partial charge is 0.254 e. The van der Waals surface area contributed by atoms with Crippen molar-refractivity contribution in [1.82, 2.24) is 9.21 Å². The molecule has 31 heavy (non-hydrogen) atoms. The third-order valence-electron chi connectivity index (χ3n) is 5.59. The van der Waals surface area contributed by atoms with Gasteiger partial charge in [-0.2, -0.15) is 4.31 Å². The van der Waals surface area contributed by atoms with Gasteiger partial charge in [0, 0.05) is 25.2 Å². The summed E-state index contributed by atoms with van der Waals surface area (Å²) >= 11 is 0. The number of amides is 2. The molecule has 2 unspecified atom stereocenters. The van der Waals surface area contributed by atoms with E-state index in [0.29, 0.717) is 6.54 Å². The van der Waals surface area contributed by atoms with E-state index in [-0.39, 0.29) is 22.1 Å². The van der Waals surface area contributed by atoms with Crippen LogP contribution in [0.4, 0.5) is 4.39 Å². The minimum atomic E-state index is -3.66. The van der Waals surface area contributed by atoms with Gasteiger partial charge in [0.1, 0.15) is 11.9 Å². The van der Waals surface area contributed by atoms with Crippen LogP contribution in [0.25, 0.3) is 0 Å². The molecule has 1 heterocycles. The first kappa shape index (κ1) is 22.9. The summed E-state index contributed by atoms with van der Waals surface area (Å²) in [5.41, 5.74) is 5.91. The van der Waals surface area contributed by atoms with Crippen molar-refractivity contribution >= 4 is 21.8 Å². The van der Waals surface area contributed by atoms with Crippen molar-refractivity contribution in [3.05, 3.63) is 65.5 Å². The first-order valence-corrected chi connectivity index (χ1v) is 11.5. The number of benzene rings is 2. The highest BCUT2D eigenvalue weighted by molar-refractivity contribution is 7.89. The van der Waals surface area contributed by atoms with Gasteiger partial charge in [-0.1, -0.05) is 18.6 Å². The van der Waals surface area contributed by atoms with Crippen LogP contribution < -0.4 is 5.73 Å². The van der Waals surface area contributed by atoms with Gasteiger partial charge in [-0.3, -0.25) is 9.59 Å². The normalized spacial score (nSPS) is 18.4. The van der Waals surface area contributed by atoms with Gasteiger partial charge in [0.2, 0.25) is 15.9 Å². The van der Waals surface area contributed by atoms with E-state index in [1.807, 2.05) is 6.92 Å². The van der Waals surface area contributed by atoms with Crippen LogP contribution in [0.15, 0.2) is 53.4 Å². The van der Waals surface area contributed by atoms with Crippen molar-refractivity contribution in [3.63, 3.8) is 0 Å². The maximum Gasteiger partial charge on any atom is 0.254 e. The first-order valence-electron chi connectivity index (χ1n) is 10.1. The molecule has 1 fully saturated rings. The molecule has 0 saturated carbocycles. The molecule has 2 aromatic rings. The summed E-state index contributed by atoms with van der Waals surface area (Å²) in [6, 6.07) is 9.67. The lowest BCUT2D eigenvalue weighted by molar-refractivity contribution is -0.122. The topological polar surface area (TPSA) is 101 Å². The quantitative estimate of drug-likeness (QED) is 0.736. The number of hydrogen-bond acceptors (Lipinski definition) is 4. The molecule has 1 aliphatic rings. The summed E-state index contributed by atoms with van der Waals surface area (Å²) in [4.78, 5) is 26.2. The fourth-order valence-electron chi connectivity index (χ4n) is 3.91. The molecule has 0 aromatic heterocycles. The molecule has 1 saturated heterocycles. The molecule has 0 radical (unpaired) electrons. The van der Waals surface area contributed by atoms with Crippen molar-refractivity contribution in [2.24, 2.45) is 5.73 Å². The van der Waals surface area contributed by atoms with E-state index in [4.69, 9.17) is 5.73 Å². The summed E-state index contributed by atoms with van der Waals surface area (Å²) in [7, 11) is -2.27. The van der Waals surface area contributed by atoms with Crippen molar-refractivity contribution in [2.45, 2.75) is 43.2 Å². The average molecular weight is 448 g/mol. The van der Waals surface area contributed by atoms with Crippen LogP contribution >= 0.6 is 0 Å². The summed E-state index contributed by atoms with van der Waals surface area (Å²) < 4.78 is 41.0. The molecule has 0 spiro atoms. The van der Waals surface area contributed by atoms with E-state index in [1.165, 1.54) is 53.8 Å². The van der Waals surface area contributed by atoms with Crippen molar-refractivity contribution in [3.8, 4) is 0 Å². The third-order valence-corrected chi connectivity index (χ3v) is 7.62. The Morgan fingerprint density at radius 2 is 1.84 bits per heavy atom. The molecule has 2 N–H and O–H groups in total. The zero-order valence-electron chi connectivity index (χ0n) is 17.5. The minimum Gasteiger partial charge on any atom is -0.368 e. The highest BCUT2D eigenvalue weighted by Gasteiger charge is 2.32. The fourth-order valence-corrected chi connectivity index (χ4v) is 5.61.